The molecule has 146 valence electrons. The number of carbonyl (C=O) groups excluding carboxylic acids is 2. The van der Waals surface area contributed by atoms with Gasteiger partial charge >= 0.3 is 0 Å². The monoisotopic (exact) mass is 376 g/mol. The van der Waals surface area contributed by atoms with Gasteiger partial charge in [0.2, 0.25) is 0 Å². The van der Waals surface area contributed by atoms with E-state index in [1.807, 2.05) is 35.2 Å². The summed E-state index contributed by atoms with van der Waals surface area (Å²) in [7, 11) is 0. The molecule has 0 spiro atoms. The molecule has 0 aromatic heterocycles. The second-order valence-corrected chi connectivity index (χ2v) is 7.55. The lowest BCUT2D eigenvalue weighted by Crippen LogP contribution is -2.41. The van der Waals surface area contributed by atoms with Crippen molar-refractivity contribution in [3.05, 3.63) is 77.0 Å². The van der Waals surface area contributed by atoms with E-state index in [4.69, 9.17) is 0 Å². The summed E-state index contributed by atoms with van der Waals surface area (Å²) >= 11 is 0. The first-order valence-corrected chi connectivity index (χ1v) is 10.0. The van der Waals surface area contributed by atoms with Crippen LogP contribution in [-0.2, 0) is 4.79 Å². The van der Waals surface area contributed by atoms with Crippen LogP contribution in [0, 0.1) is 0 Å². The van der Waals surface area contributed by atoms with Crippen molar-refractivity contribution in [3.63, 3.8) is 0 Å². The Balaban J connectivity index is 1.86. The number of benzene rings is 2. The molecule has 0 unspecified atom stereocenters. The van der Waals surface area contributed by atoms with E-state index < -0.39 is 0 Å². The van der Waals surface area contributed by atoms with E-state index in [0.29, 0.717) is 17.2 Å². The first kappa shape index (κ1) is 19.9. The first-order chi connectivity index (χ1) is 13.5. The molecule has 4 nitrogen and oxygen atoms in total. The van der Waals surface area contributed by atoms with Gasteiger partial charge in [0.15, 0.2) is 0 Å². The lowest BCUT2D eigenvalue weighted by molar-refractivity contribution is -0.128. The minimum Gasteiger partial charge on any atom is -0.337 e. The number of rotatable bonds is 5. The summed E-state index contributed by atoms with van der Waals surface area (Å²) in [5.74, 6) is 0.0678. The van der Waals surface area contributed by atoms with E-state index >= 15 is 0 Å². The molecule has 1 saturated heterocycles. The van der Waals surface area contributed by atoms with Crippen molar-refractivity contribution < 1.29 is 9.59 Å². The Morgan fingerprint density at radius 3 is 2.18 bits per heavy atom. The van der Waals surface area contributed by atoms with Crippen LogP contribution >= 0.6 is 0 Å². The molecule has 0 radical (unpaired) electrons. The number of nitrogens with one attached hydrogen (secondary N) is 1. The number of hydrogen-bond donors (Lipinski definition) is 1. The molecular formula is C24H28N2O2. The summed E-state index contributed by atoms with van der Waals surface area (Å²) < 4.78 is 0. The fourth-order valence-electron chi connectivity index (χ4n) is 3.35. The molecule has 0 saturated carbocycles. The Kier molecular flexibility index (Phi) is 6.64. The van der Waals surface area contributed by atoms with Gasteiger partial charge in [-0.2, -0.15) is 0 Å². The van der Waals surface area contributed by atoms with Crippen molar-refractivity contribution in [2.24, 2.45) is 0 Å². The lowest BCUT2D eigenvalue weighted by atomic mass is 10.0. The largest absolute Gasteiger partial charge is 0.337 e. The van der Waals surface area contributed by atoms with E-state index in [9.17, 15) is 9.59 Å². The summed E-state index contributed by atoms with van der Waals surface area (Å²) in [6.45, 7) is 5.78. The summed E-state index contributed by atoms with van der Waals surface area (Å²) in [6.07, 6.45) is 4.95. The zero-order chi connectivity index (χ0) is 19.9. The molecule has 1 N–H and O–H groups in total. The van der Waals surface area contributed by atoms with Gasteiger partial charge in [0.1, 0.15) is 5.70 Å². The maximum Gasteiger partial charge on any atom is 0.270 e. The zero-order valence-corrected chi connectivity index (χ0v) is 16.7. The topological polar surface area (TPSA) is 49.4 Å². The van der Waals surface area contributed by atoms with Crippen molar-refractivity contribution >= 4 is 17.9 Å². The SMILES string of the molecule is CC(C)c1ccc(C=C(NC(=O)c2ccccc2)C(=O)N2CCCCC2)cc1. The molecule has 1 aliphatic heterocycles. The summed E-state index contributed by atoms with van der Waals surface area (Å²) in [6, 6.07) is 17.1. The maximum atomic E-state index is 13.1. The number of carbonyl (C=O) groups is 2. The van der Waals surface area contributed by atoms with Crippen molar-refractivity contribution in [1.29, 1.82) is 0 Å². The van der Waals surface area contributed by atoms with Crippen LogP contribution in [0.25, 0.3) is 6.08 Å². The second kappa shape index (κ2) is 9.36. The maximum absolute atomic E-state index is 13.1. The highest BCUT2D eigenvalue weighted by molar-refractivity contribution is 6.05. The standard InChI is InChI=1S/C24H28N2O2/c1-18(2)20-13-11-19(12-14-20)17-22(24(28)26-15-7-4-8-16-26)25-23(27)21-9-5-3-6-10-21/h3,5-6,9-14,17-18H,4,7-8,15-16H2,1-2H3,(H,25,27). The molecule has 3 rings (SSSR count). The molecule has 28 heavy (non-hydrogen) atoms. The highest BCUT2D eigenvalue weighted by Crippen LogP contribution is 2.18. The van der Waals surface area contributed by atoms with Crippen LogP contribution in [0.2, 0.25) is 0 Å². The molecule has 0 bridgehead atoms. The minimum absolute atomic E-state index is 0.114. The van der Waals surface area contributed by atoms with Crippen LogP contribution in [0.1, 0.15) is 60.5 Å². The van der Waals surface area contributed by atoms with Crippen LogP contribution in [0.15, 0.2) is 60.3 Å². The van der Waals surface area contributed by atoms with Crippen LogP contribution in [0.3, 0.4) is 0 Å². The molecular weight excluding hydrogens is 348 g/mol. The fraction of sp³-hybridized carbons (Fsp3) is 0.333. The zero-order valence-electron chi connectivity index (χ0n) is 16.7. The molecule has 0 aliphatic carbocycles. The third-order valence-corrected chi connectivity index (χ3v) is 5.07. The van der Waals surface area contributed by atoms with Gasteiger partial charge in [0, 0.05) is 18.7 Å². The van der Waals surface area contributed by atoms with Crippen LogP contribution in [0.4, 0.5) is 0 Å². The molecule has 1 fully saturated rings. The highest BCUT2D eigenvalue weighted by atomic mass is 16.2. The van der Waals surface area contributed by atoms with E-state index in [0.717, 1.165) is 37.9 Å². The number of amides is 2. The quantitative estimate of drug-likeness (QED) is 0.776. The predicted octanol–water partition coefficient (Wildman–Crippen LogP) is 4.59. The minimum atomic E-state index is -0.268. The van der Waals surface area contributed by atoms with E-state index in [2.05, 4.69) is 31.3 Å². The van der Waals surface area contributed by atoms with E-state index in [1.165, 1.54) is 5.56 Å². The Morgan fingerprint density at radius 1 is 0.929 bits per heavy atom. The van der Waals surface area contributed by atoms with Gasteiger partial charge in [-0.1, -0.05) is 56.3 Å². The third-order valence-electron chi connectivity index (χ3n) is 5.07. The molecule has 1 aliphatic rings. The number of piperidine rings is 1. The summed E-state index contributed by atoms with van der Waals surface area (Å²) in [5, 5.41) is 2.85. The van der Waals surface area contributed by atoms with Crippen molar-refractivity contribution in [2.45, 2.75) is 39.0 Å². The number of hydrogen-bond acceptors (Lipinski definition) is 2. The average Bonchev–Trinajstić information content (AvgIpc) is 2.74. The lowest BCUT2D eigenvalue weighted by Gasteiger charge is -2.27. The number of nitrogens with zero attached hydrogens (tertiary/aromatic N) is 1. The van der Waals surface area contributed by atoms with Gasteiger partial charge in [0.05, 0.1) is 0 Å². The first-order valence-electron chi connectivity index (χ1n) is 10.0. The average molecular weight is 377 g/mol. The van der Waals surface area contributed by atoms with Gasteiger partial charge < -0.3 is 10.2 Å². The predicted molar refractivity (Wildman–Crippen MR) is 113 cm³/mol. The summed E-state index contributed by atoms with van der Waals surface area (Å²) in [5.41, 5.74) is 3.01. The molecule has 0 atom stereocenters. The molecule has 2 aromatic carbocycles. The third kappa shape index (κ3) is 5.10. The van der Waals surface area contributed by atoms with Gasteiger partial charge in [0.25, 0.3) is 11.8 Å². The van der Waals surface area contributed by atoms with Crippen molar-refractivity contribution in [3.8, 4) is 0 Å². The number of likely N-dealkylation sites (tertiary alicyclic amines) is 1. The van der Waals surface area contributed by atoms with E-state index in [1.54, 1.807) is 18.2 Å². The Labute approximate surface area is 167 Å². The Bertz CT molecular complexity index is 833. The van der Waals surface area contributed by atoms with Crippen molar-refractivity contribution in [2.75, 3.05) is 13.1 Å². The fourth-order valence-corrected chi connectivity index (χ4v) is 3.35. The summed E-state index contributed by atoms with van der Waals surface area (Å²) in [4.78, 5) is 27.6. The van der Waals surface area contributed by atoms with E-state index in [-0.39, 0.29) is 11.8 Å². The van der Waals surface area contributed by atoms with Gasteiger partial charge in [-0.25, -0.2) is 0 Å². The second-order valence-electron chi connectivity index (χ2n) is 7.55. The van der Waals surface area contributed by atoms with Gasteiger partial charge in [-0.15, -0.1) is 0 Å². The normalized spacial score (nSPS) is 14.8. The molecule has 2 aromatic rings. The van der Waals surface area contributed by atoms with Crippen LogP contribution in [-0.4, -0.2) is 29.8 Å². The highest BCUT2D eigenvalue weighted by Gasteiger charge is 2.22. The van der Waals surface area contributed by atoms with Crippen LogP contribution < -0.4 is 5.32 Å². The smallest absolute Gasteiger partial charge is 0.270 e. The van der Waals surface area contributed by atoms with Crippen molar-refractivity contribution in [1.82, 2.24) is 10.2 Å². The Hall–Kier alpha value is -2.88. The van der Waals surface area contributed by atoms with Crippen LogP contribution in [0.5, 0.6) is 0 Å². The molecule has 4 heteroatoms. The molecule has 1 heterocycles. The van der Waals surface area contributed by atoms with Gasteiger partial charge in [-0.3, -0.25) is 9.59 Å². The van der Waals surface area contributed by atoms with Gasteiger partial charge in [-0.05, 0) is 54.5 Å². The molecule has 2 amide bonds. The Morgan fingerprint density at radius 2 is 1.57 bits per heavy atom.